The average Bonchev–Trinajstić information content (AvgIpc) is 2.30. The molecule has 2 N–H and O–H groups in total. The molecule has 1 aromatic rings. The number of nitrogens with two attached hydrogens (primary N) is 1. The van der Waals surface area contributed by atoms with Crippen LogP contribution in [0, 0.1) is 5.82 Å². The molecule has 2 rings (SSSR count). The molecule has 1 saturated heterocycles. The molecule has 5 heteroatoms. The monoisotopic (exact) mass is 224 g/mol. The van der Waals surface area contributed by atoms with E-state index >= 15 is 0 Å². The fourth-order valence-corrected chi connectivity index (χ4v) is 2.05. The number of aromatic nitrogens is 1. The Morgan fingerprint density at radius 1 is 1.50 bits per heavy atom. The predicted octanol–water partition coefficient (Wildman–Crippen LogP) is 0.300. The minimum absolute atomic E-state index is 0.261. The molecule has 0 aromatic carbocycles. The number of nitrogens with zero attached hydrogens (tertiary/aromatic N) is 3. The Labute approximate surface area is 94.9 Å². The van der Waals surface area contributed by atoms with Gasteiger partial charge in [-0.2, -0.15) is 0 Å². The second-order valence-electron chi connectivity index (χ2n) is 4.18. The number of piperazine rings is 1. The molecule has 88 valence electrons. The fraction of sp³-hybridized carbons (Fsp3) is 0.545. The fourth-order valence-electron chi connectivity index (χ4n) is 2.05. The Bertz CT molecular complexity index is 340. The third kappa shape index (κ3) is 2.31. The smallest absolute Gasteiger partial charge is 0.141 e. The highest BCUT2D eigenvalue weighted by Crippen LogP contribution is 2.17. The maximum Gasteiger partial charge on any atom is 0.141 e. The standard InChI is InChI=1S/C11H17FN4/c1-15-4-5-16(10(6-13)8-15)11-3-2-9(12)7-14-11/h2-3,7,10H,4-6,8,13H2,1H3. The van der Waals surface area contributed by atoms with Crippen molar-refractivity contribution >= 4 is 5.82 Å². The summed E-state index contributed by atoms with van der Waals surface area (Å²) in [6.07, 6.45) is 1.25. The van der Waals surface area contributed by atoms with Gasteiger partial charge in [-0.15, -0.1) is 0 Å². The van der Waals surface area contributed by atoms with Gasteiger partial charge in [0, 0.05) is 26.2 Å². The van der Waals surface area contributed by atoms with Crippen LogP contribution >= 0.6 is 0 Å². The highest BCUT2D eigenvalue weighted by molar-refractivity contribution is 5.40. The summed E-state index contributed by atoms with van der Waals surface area (Å²) in [5, 5.41) is 0. The van der Waals surface area contributed by atoms with Gasteiger partial charge in [-0.3, -0.25) is 0 Å². The van der Waals surface area contributed by atoms with E-state index in [4.69, 9.17) is 5.73 Å². The molecule has 1 aliphatic rings. The van der Waals surface area contributed by atoms with E-state index in [1.807, 2.05) is 0 Å². The van der Waals surface area contributed by atoms with Crippen LogP contribution in [0.1, 0.15) is 0 Å². The quantitative estimate of drug-likeness (QED) is 0.785. The van der Waals surface area contributed by atoms with E-state index in [-0.39, 0.29) is 11.9 Å². The second kappa shape index (κ2) is 4.76. The molecule has 1 aromatic heterocycles. The van der Waals surface area contributed by atoms with Crippen molar-refractivity contribution in [3.63, 3.8) is 0 Å². The largest absolute Gasteiger partial charge is 0.350 e. The zero-order valence-electron chi connectivity index (χ0n) is 9.43. The van der Waals surface area contributed by atoms with Crippen LogP contribution in [0.2, 0.25) is 0 Å². The van der Waals surface area contributed by atoms with Crippen molar-refractivity contribution in [1.82, 2.24) is 9.88 Å². The molecule has 0 amide bonds. The summed E-state index contributed by atoms with van der Waals surface area (Å²) in [6.45, 7) is 3.38. The average molecular weight is 224 g/mol. The van der Waals surface area contributed by atoms with Crippen molar-refractivity contribution in [2.75, 3.05) is 38.1 Å². The van der Waals surface area contributed by atoms with Crippen LogP contribution in [0.3, 0.4) is 0 Å². The lowest BCUT2D eigenvalue weighted by Crippen LogP contribution is -2.55. The number of rotatable bonds is 2. The third-order valence-electron chi connectivity index (χ3n) is 2.96. The molecule has 0 radical (unpaired) electrons. The first kappa shape index (κ1) is 11.3. The lowest BCUT2D eigenvalue weighted by atomic mass is 10.1. The molecule has 0 aliphatic carbocycles. The van der Waals surface area contributed by atoms with E-state index in [1.54, 1.807) is 6.07 Å². The SMILES string of the molecule is CN1CCN(c2ccc(F)cn2)C(CN)C1. The van der Waals surface area contributed by atoms with Gasteiger partial charge in [0.15, 0.2) is 0 Å². The Balaban J connectivity index is 2.15. The molecular formula is C11H17FN4. The molecule has 1 aliphatic heterocycles. The molecule has 1 fully saturated rings. The first-order valence-electron chi connectivity index (χ1n) is 5.47. The summed E-state index contributed by atoms with van der Waals surface area (Å²) in [7, 11) is 2.08. The Hall–Kier alpha value is -1.20. The Kier molecular flexibility index (Phi) is 3.36. The third-order valence-corrected chi connectivity index (χ3v) is 2.96. The summed E-state index contributed by atoms with van der Waals surface area (Å²) in [5.74, 6) is 0.507. The molecular weight excluding hydrogens is 207 g/mol. The summed E-state index contributed by atoms with van der Waals surface area (Å²) < 4.78 is 12.8. The van der Waals surface area contributed by atoms with E-state index in [2.05, 4.69) is 21.8 Å². The number of hydrogen-bond donors (Lipinski definition) is 1. The minimum Gasteiger partial charge on any atom is -0.350 e. The van der Waals surface area contributed by atoms with Gasteiger partial charge in [0.2, 0.25) is 0 Å². The van der Waals surface area contributed by atoms with Gasteiger partial charge in [-0.1, -0.05) is 0 Å². The Morgan fingerprint density at radius 2 is 2.31 bits per heavy atom. The Morgan fingerprint density at radius 3 is 2.94 bits per heavy atom. The molecule has 2 heterocycles. The maximum absolute atomic E-state index is 12.8. The number of halogens is 1. The van der Waals surface area contributed by atoms with Crippen molar-refractivity contribution in [3.8, 4) is 0 Å². The van der Waals surface area contributed by atoms with Gasteiger partial charge in [0.25, 0.3) is 0 Å². The topological polar surface area (TPSA) is 45.4 Å². The summed E-state index contributed by atoms with van der Waals surface area (Å²) in [4.78, 5) is 8.50. The van der Waals surface area contributed by atoms with Gasteiger partial charge in [-0.05, 0) is 19.2 Å². The first-order valence-corrected chi connectivity index (χ1v) is 5.47. The minimum atomic E-state index is -0.304. The van der Waals surface area contributed by atoms with Crippen LogP contribution in [-0.2, 0) is 0 Å². The highest BCUT2D eigenvalue weighted by Gasteiger charge is 2.24. The number of pyridine rings is 1. The lowest BCUT2D eigenvalue weighted by Gasteiger charge is -2.40. The van der Waals surface area contributed by atoms with E-state index in [1.165, 1.54) is 12.3 Å². The number of anilines is 1. The van der Waals surface area contributed by atoms with Crippen LogP contribution < -0.4 is 10.6 Å². The van der Waals surface area contributed by atoms with Gasteiger partial charge < -0.3 is 15.5 Å². The van der Waals surface area contributed by atoms with Gasteiger partial charge in [0.05, 0.1) is 12.2 Å². The lowest BCUT2D eigenvalue weighted by molar-refractivity contribution is 0.268. The van der Waals surface area contributed by atoms with Crippen LogP contribution in [0.15, 0.2) is 18.3 Å². The first-order chi connectivity index (χ1) is 7.70. The van der Waals surface area contributed by atoms with Crippen molar-refractivity contribution < 1.29 is 4.39 Å². The number of likely N-dealkylation sites (N-methyl/N-ethyl adjacent to an activating group) is 1. The van der Waals surface area contributed by atoms with Crippen LogP contribution in [0.25, 0.3) is 0 Å². The zero-order valence-corrected chi connectivity index (χ0v) is 9.43. The zero-order chi connectivity index (χ0) is 11.5. The van der Waals surface area contributed by atoms with Crippen LogP contribution in [0.5, 0.6) is 0 Å². The molecule has 1 unspecified atom stereocenters. The summed E-state index contributed by atoms with van der Waals surface area (Å²) in [6, 6.07) is 3.41. The molecule has 0 spiro atoms. The highest BCUT2D eigenvalue weighted by atomic mass is 19.1. The van der Waals surface area contributed by atoms with Crippen LogP contribution in [0.4, 0.5) is 10.2 Å². The number of hydrogen-bond acceptors (Lipinski definition) is 4. The van der Waals surface area contributed by atoms with Crippen molar-refractivity contribution in [2.24, 2.45) is 5.73 Å². The molecule has 1 atom stereocenters. The van der Waals surface area contributed by atoms with Crippen molar-refractivity contribution in [1.29, 1.82) is 0 Å². The summed E-state index contributed by atoms with van der Waals surface area (Å²) in [5.41, 5.74) is 5.75. The molecule has 0 saturated carbocycles. The normalized spacial score (nSPS) is 22.4. The van der Waals surface area contributed by atoms with Gasteiger partial charge >= 0.3 is 0 Å². The van der Waals surface area contributed by atoms with E-state index < -0.39 is 0 Å². The second-order valence-corrected chi connectivity index (χ2v) is 4.18. The molecule has 16 heavy (non-hydrogen) atoms. The summed E-state index contributed by atoms with van der Waals surface area (Å²) >= 11 is 0. The van der Waals surface area contributed by atoms with Crippen LogP contribution in [-0.4, -0.2) is 49.2 Å². The van der Waals surface area contributed by atoms with E-state index in [0.29, 0.717) is 6.54 Å². The van der Waals surface area contributed by atoms with E-state index in [9.17, 15) is 4.39 Å². The molecule has 4 nitrogen and oxygen atoms in total. The van der Waals surface area contributed by atoms with Crippen molar-refractivity contribution in [3.05, 3.63) is 24.1 Å². The predicted molar refractivity (Wildman–Crippen MR) is 61.9 cm³/mol. The van der Waals surface area contributed by atoms with Crippen molar-refractivity contribution in [2.45, 2.75) is 6.04 Å². The van der Waals surface area contributed by atoms with Gasteiger partial charge in [-0.25, -0.2) is 9.37 Å². The van der Waals surface area contributed by atoms with E-state index in [0.717, 1.165) is 25.5 Å². The maximum atomic E-state index is 12.8. The van der Waals surface area contributed by atoms with Gasteiger partial charge in [0.1, 0.15) is 11.6 Å². The molecule has 0 bridgehead atoms.